The fourth-order valence-corrected chi connectivity index (χ4v) is 5.20. The molecule has 226 valence electrons. The van der Waals surface area contributed by atoms with Crippen LogP contribution in [0.2, 0.25) is 0 Å². The molecule has 0 spiro atoms. The van der Waals surface area contributed by atoms with Crippen LogP contribution in [0.1, 0.15) is 15.9 Å². The second-order valence-electron chi connectivity index (χ2n) is 9.87. The molecule has 0 bridgehead atoms. The summed E-state index contributed by atoms with van der Waals surface area (Å²) in [5.41, 5.74) is 2.35. The van der Waals surface area contributed by atoms with Crippen LogP contribution in [0.15, 0.2) is 126 Å². The van der Waals surface area contributed by atoms with E-state index in [1.165, 1.54) is 26.0 Å². The minimum Gasteiger partial charge on any atom is -0.493 e. The van der Waals surface area contributed by atoms with Gasteiger partial charge < -0.3 is 25.4 Å². The first-order chi connectivity index (χ1) is 21.9. The number of carbonyl (C=O) groups excluding carboxylic acids is 3. The van der Waals surface area contributed by atoms with Crippen molar-refractivity contribution >= 4 is 57.7 Å². The topological polar surface area (TPSA) is 106 Å². The lowest BCUT2D eigenvalue weighted by molar-refractivity contribution is -0.114. The quantitative estimate of drug-likeness (QED) is 0.109. The lowest BCUT2D eigenvalue weighted by Crippen LogP contribution is -2.30. The van der Waals surface area contributed by atoms with Crippen LogP contribution in [-0.2, 0) is 9.59 Å². The van der Waals surface area contributed by atoms with Crippen LogP contribution in [0.25, 0.3) is 16.8 Å². The van der Waals surface area contributed by atoms with Crippen molar-refractivity contribution in [3.8, 4) is 11.5 Å². The number of thioether (sulfide) groups is 1. The normalized spacial score (nSPS) is 11.0. The molecule has 3 amide bonds. The number of hydrogen-bond donors (Lipinski definition) is 3. The minimum absolute atomic E-state index is 0.0416. The molecule has 0 saturated carbocycles. The van der Waals surface area contributed by atoms with Crippen LogP contribution in [0.4, 0.5) is 11.4 Å². The Kier molecular flexibility index (Phi) is 10.1. The molecular formula is C36H31N3O5S. The van der Waals surface area contributed by atoms with Gasteiger partial charge in [-0.1, -0.05) is 54.6 Å². The Labute approximate surface area is 265 Å². The number of hydrogen-bond acceptors (Lipinski definition) is 6. The van der Waals surface area contributed by atoms with Crippen LogP contribution in [-0.4, -0.2) is 37.7 Å². The maximum Gasteiger partial charge on any atom is 0.272 e. The van der Waals surface area contributed by atoms with Crippen LogP contribution in [0.5, 0.6) is 11.5 Å². The Morgan fingerprint density at radius 2 is 1.38 bits per heavy atom. The second-order valence-corrected chi connectivity index (χ2v) is 10.9. The first-order valence-electron chi connectivity index (χ1n) is 14.0. The van der Waals surface area contributed by atoms with Gasteiger partial charge in [-0.15, -0.1) is 11.8 Å². The third-order valence-electron chi connectivity index (χ3n) is 6.76. The van der Waals surface area contributed by atoms with E-state index in [2.05, 4.69) is 16.0 Å². The summed E-state index contributed by atoms with van der Waals surface area (Å²) in [5, 5.41) is 10.7. The summed E-state index contributed by atoms with van der Waals surface area (Å²) in [5.74, 6) is 0.196. The van der Waals surface area contributed by atoms with Crippen molar-refractivity contribution < 1.29 is 23.9 Å². The SMILES string of the molecule is COc1ccc(/C=C(\NC(=O)c2ccccc2)C(=O)Nc2ccc(SCC(=O)Nc3ccc4ccccc4c3)cc2)cc1OC. The van der Waals surface area contributed by atoms with Gasteiger partial charge in [-0.3, -0.25) is 14.4 Å². The number of ether oxygens (including phenoxy) is 2. The summed E-state index contributed by atoms with van der Waals surface area (Å²) >= 11 is 1.38. The molecule has 0 atom stereocenters. The number of fused-ring (bicyclic) bond motifs is 1. The fourth-order valence-electron chi connectivity index (χ4n) is 4.50. The van der Waals surface area contributed by atoms with Crippen LogP contribution in [0, 0.1) is 0 Å². The van der Waals surface area contributed by atoms with Crippen molar-refractivity contribution in [2.75, 3.05) is 30.6 Å². The van der Waals surface area contributed by atoms with E-state index >= 15 is 0 Å². The van der Waals surface area contributed by atoms with Crippen LogP contribution >= 0.6 is 11.8 Å². The highest BCUT2D eigenvalue weighted by Crippen LogP contribution is 2.29. The van der Waals surface area contributed by atoms with Crippen molar-refractivity contribution in [2.24, 2.45) is 0 Å². The van der Waals surface area contributed by atoms with E-state index in [9.17, 15) is 14.4 Å². The summed E-state index contributed by atoms with van der Waals surface area (Å²) in [6, 6.07) is 34.8. The van der Waals surface area contributed by atoms with E-state index in [-0.39, 0.29) is 17.4 Å². The molecule has 9 heteroatoms. The summed E-state index contributed by atoms with van der Waals surface area (Å²) in [6.45, 7) is 0. The number of amides is 3. The van der Waals surface area contributed by atoms with Crippen LogP contribution < -0.4 is 25.4 Å². The molecular weight excluding hydrogens is 586 g/mol. The molecule has 0 saturated heterocycles. The molecule has 5 rings (SSSR count). The van der Waals surface area contributed by atoms with E-state index in [1.807, 2.05) is 60.7 Å². The zero-order valence-electron chi connectivity index (χ0n) is 24.7. The minimum atomic E-state index is -0.510. The molecule has 5 aromatic rings. The van der Waals surface area contributed by atoms with Crippen molar-refractivity contribution in [1.82, 2.24) is 5.32 Å². The molecule has 8 nitrogen and oxygen atoms in total. The lowest BCUT2D eigenvalue weighted by Gasteiger charge is -2.13. The third-order valence-corrected chi connectivity index (χ3v) is 7.77. The number of anilines is 2. The summed E-state index contributed by atoms with van der Waals surface area (Å²) in [4.78, 5) is 39.8. The highest BCUT2D eigenvalue weighted by atomic mass is 32.2. The summed E-state index contributed by atoms with van der Waals surface area (Å²) < 4.78 is 10.7. The smallest absolute Gasteiger partial charge is 0.272 e. The zero-order chi connectivity index (χ0) is 31.6. The van der Waals surface area contributed by atoms with Crippen molar-refractivity contribution in [2.45, 2.75) is 4.90 Å². The van der Waals surface area contributed by atoms with Gasteiger partial charge in [0.1, 0.15) is 5.70 Å². The molecule has 3 N–H and O–H groups in total. The van der Waals surface area contributed by atoms with E-state index < -0.39 is 11.8 Å². The maximum absolute atomic E-state index is 13.4. The number of nitrogens with one attached hydrogen (secondary N) is 3. The molecule has 0 aliphatic rings. The lowest BCUT2D eigenvalue weighted by atomic mass is 10.1. The van der Waals surface area contributed by atoms with E-state index in [4.69, 9.17) is 9.47 Å². The van der Waals surface area contributed by atoms with Gasteiger partial charge in [0, 0.05) is 21.8 Å². The van der Waals surface area contributed by atoms with Gasteiger partial charge in [0.05, 0.1) is 20.0 Å². The van der Waals surface area contributed by atoms with Gasteiger partial charge >= 0.3 is 0 Å². The van der Waals surface area contributed by atoms with Gasteiger partial charge in [0.15, 0.2) is 11.5 Å². The Balaban J connectivity index is 1.24. The van der Waals surface area contributed by atoms with E-state index in [0.717, 1.165) is 21.4 Å². The van der Waals surface area contributed by atoms with E-state index in [0.29, 0.717) is 28.3 Å². The van der Waals surface area contributed by atoms with Gasteiger partial charge in [-0.2, -0.15) is 0 Å². The first-order valence-corrected chi connectivity index (χ1v) is 15.0. The Bertz CT molecular complexity index is 1860. The van der Waals surface area contributed by atoms with Crippen molar-refractivity contribution in [3.05, 3.63) is 132 Å². The Hall–Kier alpha value is -5.54. The first kappa shape index (κ1) is 30.9. The monoisotopic (exact) mass is 617 g/mol. The van der Waals surface area contributed by atoms with Crippen molar-refractivity contribution in [3.63, 3.8) is 0 Å². The summed E-state index contributed by atoms with van der Waals surface area (Å²) in [6.07, 6.45) is 1.57. The molecule has 0 fully saturated rings. The largest absolute Gasteiger partial charge is 0.493 e. The number of benzene rings is 5. The van der Waals surface area contributed by atoms with Gasteiger partial charge in [0.2, 0.25) is 5.91 Å². The average molecular weight is 618 g/mol. The Morgan fingerprint density at radius 3 is 2.11 bits per heavy atom. The predicted molar refractivity (Wildman–Crippen MR) is 180 cm³/mol. The maximum atomic E-state index is 13.4. The second kappa shape index (κ2) is 14.8. The van der Waals surface area contributed by atoms with Crippen molar-refractivity contribution in [1.29, 1.82) is 0 Å². The van der Waals surface area contributed by atoms with E-state index in [1.54, 1.807) is 60.7 Å². The molecule has 0 aliphatic carbocycles. The highest BCUT2D eigenvalue weighted by molar-refractivity contribution is 8.00. The predicted octanol–water partition coefficient (Wildman–Crippen LogP) is 7.00. The summed E-state index contributed by atoms with van der Waals surface area (Å²) in [7, 11) is 3.06. The molecule has 0 aromatic heterocycles. The third kappa shape index (κ3) is 8.31. The molecule has 45 heavy (non-hydrogen) atoms. The number of rotatable bonds is 11. The Morgan fingerprint density at radius 1 is 0.689 bits per heavy atom. The van der Waals surface area contributed by atoms with Gasteiger partial charge in [-0.05, 0) is 83.1 Å². The highest BCUT2D eigenvalue weighted by Gasteiger charge is 2.16. The molecule has 5 aromatic carbocycles. The molecule has 0 radical (unpaired) electrons. The molecule has 0 aliphatic heterocycles. The van der Waals surface area contributed by atoms with Gasteiger partial charge in [0.25, 0.3) is 11.8 Å². The average Bonchev–Trinajstić information content (AvgIpc) is 3.07. The van der Waals surface area contributed by atoms with Crippen LogP contribution in [0.3, 0.4) is 0 Å². The zero-order valence-corrected chi connectivity index (χ0v) is 25.5. The molecule has 0 unspecified atom stereocenters. The number of methoxy groups -OCH3 is 2. The number of carbonyl (C=O) groups is 3. The standard InChI is InChI=1S/C36H31N3O5S/c1-43-32-19-12-24(21-33(32)44-2)20-31(39-35(41)26-9-4-3-5-10-26)36(42)38-28-15-17-30(18-16-28)45-23-34(40)37-29-14-13-25-8-6-7-11-27(25)22-29/h3-22H,23H2,1-2H3,(H,37,40)(H,38,42)(H,39,41)/b31-20-. The fraction of sp³-hybridized carbons (Fsp3) is 0.0833. The van der Waals surface area contributed by atoms with Gasteiger partial charge in [-0.25, -0.2) is 0 Å². The molecule has 0 heterocycles.